The number of nitrogens with one attached hydrogen (secondary N) is 1. The molecule has 4 atom stereocenters. The summed E-state index contributed by atoms with van der Waals surface area (Å²) >= 11 is 1.23. The van der Waals surface area contributed by atoms with Gasteiger partial charge in [-0.3, -0.25) is 14.8 Å². The molecule has 0 aromatic carbocycles. The second-order valence-electron chi connectivity index (χ2n) is 3.49. The summed E-state index contributed by atoms with van der Waals surface area (Å²) < 4.78 is 11.0. The van der Waals surface area contributed by atoms with Crippen molar-refractivity contribution in [3.8, 4) is 0 Å². The number of hydrogen-bond acceptors (Lipinski definition) is 7. The van der Waals surface area contributed by atoms with Crippen LogP contribution in [0.25, 0.3) is 0 Å². The lowest BCUT2D eigenvalue weighted by Gasteiger charge is -2.14. The van der Waals surface area contributed by atoms with Crippen molar-refractivity contribution in [3.05, 3.63) is 0 Å². The Balaban J connectivity index is 1.93. The van der Waals surface area contributed by atoms with Gasteiger partial charge in [0.1, 0.15) is 18.3 Å². The van der Waals surface area contributed by atoms with Gasteiger partial charge in [-0.05, 0) is 0 Å². The quantitative estimate of drug-likeness (QED) is 0.651. The summed E-state index contributed by atoms with van der Waals surface area (Å²) in [6, 6.07) is 0. The van der Waals surface area contributed by atoms with Crippen molar-refractivity contribution in [2.24, 2.45) is 0 Å². The summed E-state index contributed by atoms with van der Waals surface area (Å²) in [5.74, 6) is 0. The van der Waals surface area contributed by atoms with Gasteiger partial charge in [-0.15, -0.1) is 0 Å². The molecule has 15 heavy (non-hydrogen) atoms. The summed E-state index contributed by atoms with van der Waals surface area (Å²) in [6.45, 7) is 2.36. The molecule has 2 saturated heterocycles. The zero-order chi connectivity index (χ0) is 10.8. The first-order valence-electron chi connectivity index (χ1n) is 4.67. The van der Waals surface area contributed by atoms with Crippen LogP contribution in [-0.4, -0.2) is 47.1 Å². The number of hydrogen-bond donors (Lipinski definition) is 2. The van der Waals surface area contributed by atoms with Gasteiger partial charge in [-0.1, -0.05) is 17.4 Å². The summed E-state index contributed by atoms with van der Waals surface area (Å²) in [7, 11) is 0. The maximum absolute atomic E-state index is 11.0. The average Bonchev–Trinajstić information content (AvgIpc) is 2.71. The molecule has 0 unspecified atom stereocenters. The number of carbonyl (C=O) groups excluding carboxylic acids is 1. The predicted molar refractivity (Wildman–Crippen MR) is 51.3 cm³/mol. The Bertz CT molecular complexity index is 251. The second-order valence-corrected chi connectivity index (χ2v) is 4.91. The van der Waals surface area contributed by atoms with Crippen LogP contribution in [0.2, 0.25) is 0 Å². The lowest BCUT2D eigenvalue weighted by atomic mass is 10.1. The van der Waals surface area contributed by atoms with Crippen LogP contribution < -0.4 is 5.64 Å². The molecule has 2 aliphatic heterocycles. The largest absolute Gasteiger partial charge is 0.371 e. The fourth-order valence-electron chi connectivity index (χ4n) is 1.91. The molecular weight excluding hydrogens is 222 g/mol. The molecule has 2 rings (SSSR count). The van der Waals surface area contributed by atoms with Crippen molar-refractivity contribution < 1.29 is 24.3 Å². The van der Waals surface area contributed by atoms with E-state index in [1.54, 1.807) is 5.64 Å². The van der Waals surface area contributed by atoms with Crippen LogP contribution in [0.15, 0.2) is 0 Å². The molecule has 0 amide bonds. The van der Waals surface area contributed by atoms with Crippen molar-refractivity contribution in [2.45, 2.75) is 30.5 Å². The van der Waals surface area contributed by atoms with E-state index in [2.05, 4.69) is 0 Å². The molecule has 2 aliphatic rings. The van der Waals surface area contributed by atoms with E-state index in [0.717, 1.165) is 0 Å². The summed E-state index contributed by atoms with van der Waals surface area (Å²) in [5, 5.41) is 8.50. The van der Waals surface area contributed by atoms with Gasteiger partial charge in [0, 0.05) is 6.92 Å². The van der Waals surface area contributed by atoms with Crippen LogP contribution in [0.5, 0.6) is 0 Å². The molecular formula is C8H13NO5S. The maximum Gasteiger partial charge on any atom is 0.186 e. The lowest BCUT2D eigenvalue weighted by Crippen LogP contribution is -2.35. The van der Waals surface area contributed by atoms with Crippen molar-refractivity contribution in [3.63, 3.8) is 0 Å². The number of carbonyl (C=O) groups is 1. The van der Waals surface area contributed by atoms with E-state index in [-0.39, 0.29) is 28.7 Å². The summed E-state index contributed by atoms with van der Waals surface area (Å²) in [4.78, 5) is 15.8. The topological polar surface area (TPSA) is 77.0 Å². The molecule has 0 aliphatic carbocycles. The molecule has 0 aromatic rings. The normalized spacial score (nSPS) is 39.3. The molecule has 86 valence electrons. The summed E-state index contributed by atoms with van der Waals surface area (Å²) in [6.07, 6.45) is -0.656. The minimum Gasteiger partial charge on any atom is -0.371 e. The van der Waals surface area contributed by atoms with Gasteiger partial charge >= 0.3 is 0 Å². The van der Waals surface area contributed by atoms with Crippen molar-refractivity contribution in [1.29, 1.82) is 0 Å². The zero-order valence-corrected chi connectivity index (χ0v) is 9.03. The molecule has 0 bridgehead atoms. The smallest absolute Gasteiger partial charge is 0.186 e. The van der Waals surface area contributed by atoms with E-state index >= 15 is 0 Å². The Labute approximate surface area is 91.2 Å². The molecule has 2 fully saturated rings. The third-order valence-electron chi connectivity index (χ3n) is 2.48. The third-order valence-corrected chi connectivity index (χ3v) is 3.52. The molecule has 0 radical (unpaired) electrons. The highest BCUT2D eigenvalue weighted by Gasteiger charge is 2.49. The van der Waals surface area contributed by atoms with E-state index in [9.17, 15) is 4.79 Å². The molecule has 0 saturated carbocycles. The van der Waals surface area contributed by atoms with E-state index in [0.29, 0.717) is 13.2 Å². The van der Waals surface area contributed by atoms with Gasteiger partial charge in [0.15, 0.2) is 5.12 Å². The average molecular weight is 235 g/mol. The van der Waals surface area contributed by atoms with Crippen molar-refractivity contribution in [2.75, 3.05) is 13.2 Å². The number of rotatable bonds is 3. The van der Waals surface area contributed by atoms with Gasteiger partial charge in [0.05, 0.1) is 18.5 Å². The van der Waals surface area contributed by atoms with Gasteiger partial charge in [0.25, 0.3) is 0 Å². The monoisotopic (exact) mass is 235 g/mol. The first-order chi connectivity index (χ1) is 7.22. The highest BCUT2D eigenvalue weighted by Crippen LogP contribution is 2.34. The molecule has 0 spiro atoms. The van der Waals surface area contributed by atoms with Crippen molar-refractivity contribution in [1.82, 2.24) is 5.64 Å². The van der Waals surface area contributed by atoms with Gasteiger partial charge in [-0.2, -0.15) is 0 Å². The molecule has 6 nitrogen and oxygen atoms in total. The van der Waals surface area contributed by atoms with Crippen LogP contribution in [0.3, 0.4) is 0 Å². The highest BCUT2D eigenvalue weighted by atomic mass is 32.2. The fraction of sp³-hybridized carbons (Fsp3) is 0.875. The standard InChI is InChI=1S/C8H13NO5S/c1-4(10)15-6-3-13-7-5(14-9-11)2-12-8(6)7/h5-9,11H,2-3H2,1H3/t5-,6+,7-,8-/m1/s1. The number of thioether (sulfide) groups is 1. The fourth-order valence-corrected chi connectivity index (χ4v) is 2.85. The third kappa shape index (κ3) is 2.32. The Morgan fingerprint density at radius 2 is 2.20 bits per heavy atom. The Morgan fingerprint density at radius 1 is 1.47 bits per heavy atom. The van der Waals surface area contributed by atoms with E-state index in [1.165, 1.54) is 18.7 Å². The minimum atomic E-state index is -0.322. The molecule has 0 aromatic heterocycles. The Morgan fingerprint density at radius 3 is 2.87 bits per heavy atom. The minimum absolute atomic E-state index is 0.0276. The Kier molecular flexibility index (Phi) is 3.60. The van der Waals surface area contributed by atoms with E-state index < -0.39 is 0 Å². The van der Waals surface area contributed by atoms with Crippen LogP contribution in [0.1, 0.15) is 6.92 Å². The Hall–Kier alpha value is -0.180. The van der Waals surface area contributed by atoms with E-state index in [1.807, 2.05) is 0 Å². The highest BCUT2D eigenvalue weighted by molar-refractivity contribution is 8.14. The van der Waals surface area contributed by atoms with Crippen LogP contribution in [0.4, 0.5) is 0 Å². The zero-order valence-electron chi connectivity index (χ0n) is 8.21. The van der Waals surface area contributed by atoms with Gasteiger partial charge in [0.2, 0.25) is 0 Å². The lowest BCUT2D eigenvalue weighted by molar-refractivity contribution is -0.182. The maximum atomic E-state index is 11.0. The van der Waals surface area contributed by atoms with E-state index in [4.69, 9.17) is 19.5 Å². The van der Waals surface area contributed by atoms with Gasteiger partial charge < -0.3 is 9.47 Å². The SMILES string of the molecule is CC(=O)S[C@H]1CO[C@H]2[C@@H]1OC[C@H]2ONO. The molecule has 2 N–H and O–H groups in total. The molecule has 2 heterocycles. The van der Waals surface area contributed by atoms with Crippen LogP contribution >= 0.6 is 11.8 Å². The number of ether oxygens (including phenoxy) is 2. The molecule has 7 heteroatoms. The van der Waals surface area contributed by atoms with Gasteiger partial charge in [-0.25, -0.2) is 0 Å². The van der Waals surface area contributed by atoms with Crippen LogP contribution in [-0.2, 0) is 19.1 Å². The summed E-state index contributed by atoms with van der Waals surface area (Å²) in [5.41, 5.74) is 1.64. The second kappa shape index (κ2) is 4.77. The predicted octanol–water partition coefficient (Wildman–Crippen LogP) is -0.289. The first kappa shape index (κ1) is 11.3. The van der Waals surface area contributed by atoms with Crippen LogP contribution in [0, 0.1) is 0 Å². The first-order valence-corrected chi connectivity index (χ1v) is 5.55. The van der Waals surface area contributed by atoms with Crippen molar-refractivity contribution >= 4 is 16.9 Å². The number of fused-ring (bicyclic) bond motifs is 1.